The molecule has 0 spiro atoms. The molecule has 1 aromatic carbocycles. The first-order chi connectivity index (χ1) is 14.4. The topological polar surface area (TPSA) is 74.1 Å². The van der Waals surface area contributed by atoms with Gasteiger partial charge < -0.3 is 4.74 Å². The van der Waals surface area contributed by atoms with Gasteiger partial charge in [-0.2, -0.15) is 16.4 Å². The Hall–Kier alpha value is -2.58. The number of benzene rings is 1. The summed E-state index contributed by atoms with van der Waals surface area (Å²) in [6, 6.07) is 6.13. The molecule has 4 aromatic rings. The monoisotopic (exact) mass is 441 g/mol. The third kappa shape index (κ3) is 4.29. The van der Waals surface area contributed by atoms with Gasteiger partial charge in [0.05, 0.1) is 40.4 Å². The molecule has 0 fully saturated rings. The zero-order valence-electron chi connectivity index (χ0n) is 17.2. The summed E-state index contributed by atoms with van der Waals surface area (Å²) in [5.41, 5.74) is 2.47. The highest BCUT2D eigenvalue weighted by molar-refractivity contribution is 7.18. The quantitative estimate of drug-likeness (QED) is 0.389. The van der Waals surface area contributed by atoms with Crippen LogP contribution >= 0.6 is 22.7 Å². The number of aryl methyl sites for hydroxylation is 1. The average molecular weight is 442 g/mol. The number of nitrogens with zero attached hydrogens (tertiary/aromatic N) is 3. The van der Waals surface area contributed by atoms with Crippen LogP contribution in [-0.2, 0) is 22.5 Å². The molecule has 0 radical (unpaired) electrons. The second kappa shape index (κ2) is 8.65. The van der Waals surface area contributed by atoms with Crippen molar-refractivity contribution in [3.8, 4) is 0 Å². The van der Waals surface area contributed by atoms with Crippen LogP contribution in [0.3, 0.4) is 0 Å². The predicted molar refractivity (Wildman–Crippen MR) is 122 cm³/mol. The zero-order chi connectivity index (χ0) is 21.3. The van der Waals surface area contributed by atoms with Crippen molar-refractivity contribution in [2.45, 2.75) is 52.7 Å². The number of thiazole rings is 1. The Labute approximate surface area is 182 Å². The summed E-state index contributed by atoms with van der Waals surface area (Å²) < 4.78 is 7.98. The summed E-state index contributed by atoms with van der Waals surface area (Å²) in [6.45, 7) is 6.25. The molecule has 1 atom stereocenters. The standard InChI is InChI=1S/C22H23N3O3S2/c1-4-5-14(3)28-21(26)9-17-15-11-29-12-16(15)22(27)25(24-17)10-20-23-18-8-13(2)6-7-19(18)30-20/h6-8,11-12,14H,4-5,9-10H2,1-3H3. The molecule has 0 saturated carbocycles. The van der Waals surface area contributed by atoms with E-state index in [4.69, 9.17) is 4.74 Å². The predicted octanol–water partition coefficient (Wildman–Crippen LogP) is 4.70. The summed E-state index contributed by atoms with van der Waals surface area (Å²) in [5, 5.41) is 10.3. The molecule has 0 amide bonds. The molecule has 3 aromatic heterocycles. The molecule has 4 rings (SSSR count). The number of fused-ring (bicyclic) bond motifs is 2. The fraction of sp³-hybridized carbons (Fsp3) is 0.364. The van der Waals surface area contributed by atoms with E-state index in [2.05, 4.69) is 23.1 Å². The van der Waals surface area contributed by atoms with Gasteiger partial charge >= 0.3 is 5.97 Å². The normalized spacial score (nSPS) is 12.5. The first kappa shape index (κ1) is 20.7. The van der Waals surface area contributed by atoms with Gasteiger partial charge in [0.25, 0.3) is 5.56 Å². The van der Waals surface area contributed by atoms with Gasteiger partial charge in [0.2, 0.25) is 0 Å². The molecule has 156 valence electrons. The third-order valence-corrected chi connectivity index (χ3v) is 6.66. The largest absolute Gasteiger partial charge is 0.462 e. The highest BCUT2D eigenvalue weighted by Crippen LogP contribution is 2.24. The minimum Gasteiger partial charge on any atom is -0.462 e. The second-order valence-corrected chi connectivity index (χ2v) is 9.31. The van der Waals surface area contributed by atoms with Crippen molar-refractivity contribution < 1.29 is 9.53 Å². The molecular formula is C22H23N3O3S2. The van der Waals surface area contributed by atoms with Crippen LogP contribution in [0, 0.1) is 6.92 Å². The Kier molecular flexibility index (Phi) is 5.97. The molecule has 0 aliphatic heterocycles. The number of ether oxygens (including phenoxy) is 1. The number of esters is 1. The first-order valence-corrected chi connectivity index (χ1v) is 11.7. The molecule has 8 heteroatoms. The highest BCUT2D eigenvalue weighted by Gasteiger charge is 2.18. The molecule has 0 bridgehead atoms. The van der Waals surface area contributed by atoms with Crippen molar-refractivity contribution >= 4 is 49.6 Å². The molecule has 30 heavy (non-hydrogen) atoms. The lowest BCUT2D eigenvalue weighted by molar-refractivity contribution is -0.147. The van der Waals surface area contributed by atoms with Crippen LogP contribution in [0.2, 0.25) is 0 Å². The second-order valence-electron chi connectivity index (χ2n) is 7.45. The van der Waals surface area contributed by atoms with Crippen molar-refractivity contribution in [1.29, 1.82) is 0 Å². The van der Waals surface area contributed by atoms with Crippen molar-refractivity contribution in [2.75, 3.05) is 0 Å². The maximum atomic E-state index is 12.9. The van der Waals surface area contributed by atoms with Gasteiger partial charge in [0.1, 0.15) is 5.01 Å². The lowest BCUT2D eigenvalue weighted by Crippen LogP contribution is -2.26. The van der Waals surface area contributed by atoms with E-state index >= 15 is 0 Å². The number of hydrogen-bond acceptors (Lipinski definition) is 7. The number of carbonyl (C=O) groups is 1. The third-order valence-electron chi connectivity index (χ3n) is 4.89. The fourth-order valence-electron chi connectivity index (χ4n) is 3.46. The fourth-order valence-corrected chi connectivity index (χ4v) is 5.22. The van der Waals surface area contributed by atoms with Gasteiger partial charge in [-0.3, -0.25) is 9.59 Å². The summed E-state index contributed by atoms with van der Waals surface area (Å²) >= 11 is 2.98. The lowest BCUT2D eigenvalue weighted by Gasteiger charge is -2.13. The Morgan fingerprint density at radius 2 is 2.07 bits per heavy atom. The van der Waals surface area contributed by atoms with Crippen molar-refractivity contribution in [3.63, 3.8) is 0 Å². The van der Waals surface area contributed by atoms with Gasteiger partial charge in [0.15, 0.2) is 0 Å². The van der Waals surface area contributed by atoms with Crippen molar-refractivity contribution in [3.05, 3.63) is 55.6 Å². The van der Waals surface area contributed by atoms with Gasteiger partial charge in [0, 0.05) is 16.1 Å². The summed E-state index contributed by atoms with van der Waals surface area (Å²) in [4.78, 5) is 30.0. The van der Waals surface area contributed by atoms with E-state index in [0.29, 0.717) is 11.1 Å². The first-order valence-electron chi connectivity index (χ1n) is 9.96. The Morgan fingerprint density at radius 3 is 2.87 bits per heavy atom. The lowest BCUT2D eigenvalue weighted by atomic mass is 10.2. The Balaban J connectivity index is 1.65. The Morgan fingerprint density at radius 1 is 1.27 bits per heavy atom. The van der Waals surface area contributed by atoms with E-state index in [-0.39, 0.29) is 30.6 Å². The molecule has 0 aliphatic carbocycles. The minimum absolute atomic E-state index is 0.0423. The van der Waals surface area contributed by atoms with Crippen LogP contribution in [0.1, 0.15) is 43.0 Å². The highest BCUT2D eigenvalue weighted by atomic mass is 32.1. The number of hydrogen-bond donors (Lipinski definition) is 0. The van der Waals surface area contributed by atoms with Gasteiger partial charge in [-0.1, -0.05) is 19.4 Å². The minimum atomic E-state index is -0.323. The van der Waals surface area contributed by atoms with Gasteiger partial charge in [-0.25, -0.2) is 9.67 Å². The molecule has 0 saturated heterocycles. The SMILES string of the molecule is CCCC(C)OC(=O)Cc1nn(Cc2nc3cc(C)ccc3s2)c(=O)c2cscc12. The van der Waals surface area contributed by atoms with Crippen LogP contribution in [0.4, 0.5) is 0 Å². The van der Waals surface area contributed by atoms with Crippen LogP contribution in [0.5, 0.6) is 0 Å². The number of thiophene rings is 1. The van der Waals surface area contributed by atoms with E-state index in [1.165, 1.54) is 16.0 Å². The Bertz CT molecular complexity index is 1270. The number of carbonyl (C=O) groups excluding carboxylic acids is 1. The van der Waals surface area contributed by atoms with Gasteiger partial charge in [-0.15, -0.1) is 11.3 Å². The molecule has 1 unspecified atom stereocenters. The van der Waals surface area contributed by atoms with Crippen LogP contribution < -0.4 is 5.56 Å². The van der Waals surface area contributed by atoms with E-state index in [1.807, 2.05) is 36.7 Å². The number of rotatable bonds is 7. The summed E-state index contributed by atoms with van der Waals surface area (Å²) in [5.74, 6) is -0.323. The summed E-state index contributed by atoms with van der Waals surface area (Å²) in [6.07, 6.45) is 1.69. The van der Waals surface area contributed by atoms with Crippen LogP contribution in [0.25, 0.3) is 21.0 Å². The molecule has 6 nitrogen and oxygen atoms in total. The van der Waals surface area contributed by atoms with Crippen molar-refractivity contribution in [1.82, 2.24) is 14.8 Å². The maximum absolute atomic E-state index is 12.9. The zero-order valence-corrected chi connectivity index (χ0v) is 18.8. The molecule has 3 heterocycles. The van der Waals surface area contributed by atoms with Crippen molar-refractivity contribution in [2.24, 2.45) is 0 Å². The van der Waals surface area contributed by atoms with E-state index < -0.39 is 0 Å². The average Bonchev–Trinajstić information content (AvgIpc) is 3.32. The van der Waals surface area contributed by atoms with Gasteiger partial charge in [-0.05, 0) is 38.0 Å². The van der Waals surface area contributed by atoms with Crippen LogP contribution in [-0.4, -0.2) is 26.8 Å². The van der Waals surface area contributed by atoms with E-state index in [9.17, 15) is 9.59 Å². The molecule has 0 N–H and O–H groups in total. The smallest absolute Gasteiger partial charge is 0.312 e. The number of aromatic nitrogens is 3. The molecule has 0 aliphatic rings. The molecular weight excluding hydrogens is 418 g/mol. The van der Waals surface area contributed by atoms with E-state index in [1.54, 1.807) is 11.3 Å². The summed E-state index contributed by atoms with van der Waals surface area (Å²) in [7, 11) is 0. The maximum Gasteiger partial charge on any atom is 0.312 e. The van der Waals surface area contributed by atoms with Crippen LogP contribution in [0.15, 0.2) is 33.8 Å². The van der Waals surface area contributed by atoms with E-state index in [0.717, 1.165) is 39.0 Å².